The fourth-order valence-corrected chi connectivity index (χ4v) is 6.10. The summed E-state index contributed by atoms with van der Waals surface area (Å²) in [7, 11) is 0. The van der Waals surface area contributed by atoms with E-state index in [1.54, 1.807) is 36.2 Å². The maximum absolute atomic E-state index is 14.2. The lowest BCUT2D eigenvalue weighted by Gasteiger charge is -2.44. The van der Waals surface area contributed by atoms with E-state index in [9.17, 15) is 14.7 Å². The molecule has 1 N–H and O–H groups in total. The van der Waals surface area contributed by atoms with Crippen molar-refractivity contribution in [2.45, 2.75) is 85.9 Å². The Bertz CT molecular complexity index is 1850. The maximum Gasteiger partial charge on any atom is 0.410 e. The summed E-state index contributed by atoms with van der Waals surface area (Å²) >= 11 is 6.93. The number of halogens is 1. The fraction of sp³-hybridized carbons (Fsp3) is 0.441. The number of anilines is 1. The Labute approximate surface area is 268 Å². The number of benzene rings is 1. The van der Waals surface area contributed by atoms with Gasteiger partial charge >= 0.3 is 11.8 Å². The standard InChI is InChI=1S/C34H41ClN6O4/c1-18(2)26-28(19(3)13-14-36-26)41-31-24(15-25(35)27(37-31)23-12-10-11-20(4)29(23)42)30(38-32(41)43)39-16-22(6)40(17-21(39)5)33(44)45-34(7,8)9/h10-15,18,21-22,42H,16-17H2,1-9H3/t21-,22+/m0/s1. The monoisotopic (exact) mass is 632 g/mol. The van der Waals surface area contributed by atoms with Gasteiger partial charge in [-0.15, -0.1) is 0 Å². The van der Waals surface area contributed by atoms with E-state index in [4.69, 9.17) is 21.3 Å². The molecule has 11 heteroatoms. The Kier molecular flexibility index (Phi) is 8.57. The lowest BCUT2D eigenvalue weighted by atomic mass is 10.0. The highest BCUT2D eigenvalue weighted by Crippen LogP contribution is 2.39. The summed E-state index contributed by atoms with van der Waals surface area (Å²) < 4.78 is 7.18. The van der Waals surface area contributed by atoms with Gasteiger partial charge in [0.15, 0.2) is 5.65 Å². The molecule has 0 saturated carbocycles. The number of phenolic OH excluding ortho intramolecular Hbond substituents is 1. The van der Waals surface area contributed by atoms with Crippen LogP contribution in [0.15, 0.2) is 41.3 Å². The van der Waals surface area contributed by atoms with Crippen molar-refractivity contribution in [1.29, 1.82) is 0 Å². The third-order valence-corrected chi connectivity index (χ3v) is 8.39. The number of aryl methyl sites for hydroxylation is 2. The second-order valence-electron chi connectivity index (χ2n) is 13.2. The zero-order chi connectivity index (χ0) is 33.0. The first-order chi connectivity index (χ1) is 21.1. The van der Waals surface area contributed by atoms with E-state index in [-0.39, 0.29) is 29.8 Å². The number of pyridine rings is 2. The number of hydrogen-bond acceptors (Lipinski definition) is 8. The summed E-state index contributed by atoms with van der Waals surface area (Å²) in [4.78, 5) is 45.2. The minimum absolute atomic E-state index is 0.0101. The van der Waals surface area contributed by atoms with Crippen LogP contribution in [0.2, 0.25) is 5.02 Å². The number of piperazine rings is 1. The first kappa shape index (κ1) is 32.2. The number of aromatic hydroxyl groups is 1. The van der Waals surface area contributed by atoms with Gasteiger partial charge in [0, 0.05) is 36.9 Å². The maximum atomic E-state index is 14.2. The summed E-state index contributed by atoms with van der Waals surface area (Å²) in [5.74, 6) is 0.503. The van der Waals surface area contributed by atoms with Crippen LogP contribution >= 0.6 is 11.6 Å². The van der Waals surface area contributed by atoms with Crippen molar-refractivity contribution in [3.63, 3.8) is 0 Å². The van der Waals surface area contributed by atoms with E-state index in [1.165, 1.54) is 4.57 Å². The molecule has 0 bridgehead atoms. The molecule has 4 aromatic rings. The number of carbonyl (C=O) groups excluding carboxylic acids is 1. The number of amides is 1. The zero-order valence-corrected chi connectivity index (χ0v) is 28.1. The van der Waals surface area contributed by atoms with Crippen molar-refractivity contribution < 1.29 is 14.6 Å². The van der Waals surface area contributed by atoms with Crippen molar-refractivity contribution in [2.24, 2.45) is 0 Å². The Balaban J connectivity index is 1.76. The van der Waals surface area contributed by atoms with Crippen molar-refractivity contribution in [3.8, 4) is 22.7 Å². The van der Waals surface area contributed by atoms with Gasteiger partial charge in [0.25, 0.3) is 0 Å². The Morgan fingerprint density at radius 3 is 2.44 bits per heavy atom. The minimum atomic E-state index is -0.620. The minimum Gasteiger partial charge on any atom is -0.507 e. The molecule has 0 radical (unpaired) electrons. The predicted molar refractivity (Wildman–Crippen MR) is 178 cm³/mol. The third-order valence-electron chi connectivity index (χ3n) is 8.11. The largest absolute Gasteiger partial charge is 0.507 e. The van der Waals surface area contributed by atoms with Crippen molar-refractivity contribution in [1.82, 2.24) is 24.4 Å². The van der Waals surface area contributed by atoms with Crippen molar-refractivity contribution in [3.05, 3.63) is 68.9 Å². The van der Waals surface area contributed by atoms with Crippen LogP contribution in [0.25, 0.3) is 28.0 Å². The van der Waals surface area contributed by atoms with Gasteiger partial charge in [-0.25, -0.2) is 19.1 Å². The molecule has 0 spiro atoms. The van der Waals surface area contributed by atoms with Gasteiger partial charge in [0.1, 0.15) is 17.2 Å². The normalized spacial score (nSPS) is 17.3. The van der Waals surface area contributed by atoms with Crippen LogP contribution in [0.3, 0.4) is 0 Å². The van der Waals surface area contributed by atoms with E-state index in [0.717, 1.165) is 11.3 Å². The molecule has 1 aliphatic rings. The Morgan fingerprint density at radius 1 is 1.07 bits per heavy atom. The van der Waals surface area contributed by atoms with Gasteiger partial charge in [0.2, 0.25) is 0 Å². The molecule has 10 nitrogen and oxygen atoms in total. The van der Waals surface area contributed by atoms with E-state index in [1.807, 2.05) is 72.4 Å². The molecular weight excluding hydrogens is 592 g/mol. The predicted octanol–water partition coefficient (Wildman–Crippen LogP) is 6.78. The quantitative estimate of drug-likeness (QED) is 0.262. The first-order valence-electron chi connectivity index (χ1n) is 15.2. The topological polar surface area (TPSA) is 114 Å². The molecule has 4 heterocycles. The average molecular weight is 633 g/mol. The average Bonchev–Trinajstić information content (AvgIpc) is 2.94. The van der Waals surface area contributed by atoms with Crippen LogP contribution in [0.5, 0.6) is 5.75 Å². The zero-order valence-electron chi connectivity index (χ0n) is 27.3. The van der Waals surface area contributed by atoms with Gasteiger partial charge in [-0.1, -0.05) is 37.6 Å². The molecule has 3 aromatic heterocycles. The van der Waals surface area contributed by atoms with E-state index in [2.05, 4.69) is 9.97 Å². The molecule has 5 rings (SSSR count). The fourth-order valence-electron chi connectivity index (χ4n) is 5.85. The van der Waals surface area contributed by atoms with Crippen LogP contribution in [-0.2, 0) is 4.74 Å². The number of nitrogens with zero attached hydrogens (tertiary/aromatic N) is 6. The summed E-state index contributed by atoms with van der Waals surface area (Å²) in [6.07, 6.45) is 1.35. The van der Waals surface area contributed by atoms with Crippen LogP contribution in [0, 0.1) is 13.8 Å². The van der Waals surface area contributed by atoms with Gasteiger partial charge in [-0.3, -0.25) is 4.98 Å². The van der Waals surface area contributed by atoms with Crippen LogP contribution in [0.1, 0.15) is 71.2 Å². The van der Waals surface area contributed by atoms with Gasteiger partial charge < -0.3 is 19.6 Å². The van der Waals surface area contributed by atoms with Gasteiger partial charge in [-0.05, 0) is 83.7 Å². The molecule has 1 aliphatic heterocycles. The van der Waals surface area contributed by atoms with Crippen LogP contribution < -0.4 is 10.6 Å². The van der Waals surface area contributed by atoms with E-state index >= 15 is 0 Å². The summed E-state index contributed by atoms with van der Waals surface area (Å²) in [5, 5.41) is 11.8. The number of carbonyl (C=O) groups is 1. The highest BCUT2D eigenvalue weighted by atomic mass is 35.5. The molecule has 0 unspecified atom stereocenters. The third kappa shape index (κ3) is 6.08. The highest BCUT2D eigenvalue weighted by molar-refractivity contribution is 6.34. The molecule has 2 atom stereocenters. The molecule has 1 aromatic carbocycles. The smallest absolute Gasteiger partial charge is 0.410 e. The van der Waals surface area contributed by atoms with Crippen molar-refractivity contribution >= 4 is 34.5 Å². The molecule has 1 fully saturated rings. The summed E-state index contributed by atoms with van der Waals surface area (Å²) in [6.45, 7) is 18.0. The number of ether oxygens (including phenoxy) is 1. The van der Waals surface area contributed by atoms with Gasteiger partial charge in [0.05, 0.1) is 27.5 Å². The SMILES string of the molecule is Cc1cccc(-c2nc3c(cc2Cl)c(N2C[C@@H](C)N(C(=O)OC(C)(C)C)C[C@@H]2C)nc(=O)n3-c2c(C)ccnc2C(C)C)c1O. The number of para-hydroxylation sites is 1. The van der Waals surface area contributed by atoms with Crippen molar-refractivity contribution in [2.75, 3.05) is 18.0 Å². The van der Waals surface area contributed by atoms with E-state index < -0.39 is 11.3 Å². The van der Waals surface area contributed by atoms with Gasteiger partial charge in [-0.2, -0.15) is 4.98 Å². The molecule has 238 valence electrons. The lowest BCUT2D eigenvalue weighted by molar-refractivity contribution is 0.0130. The van der Waals surface area contributed by atoms with Crippen LogP contribution in [-0.4, -0.2) is 66.4 Å². The summed E-state index contributed by atoms with van der Waals surface area (Å²) in [5.41, 5.74) is 2.88. The number of hydrogen-bond donors (Lipinski definition) is 1. The van der Waals surface area contributed by atoms with Crippen LogP contribution in [0.4, 0.5) is 10.6 Å². The number of phenols is 1. The second kappa shape index (κ2) is 12.0. The molecule has 1 saturated heterocycles. The lowest BCUT2D eigenvalue weighted by Crippen LogP contribution is -2.59. The first-order valence-corrected chi connectivity index (χ1v) is 15.6. The highest BCUT2D eigenvalue weighted by Gasteiger charge is 2.36. The summed E-state index contributed by atoms with van der Waals surface area (Å²) in [6, 6.07) is 8.57. The Morgan fingerprint density at radius 2 is 1.78 bits per heavy atom. The number of aromatic nitrogens is 4. The second-order valence-corrected chi connectivity index (χ2v) is 13.6. The molecule has 1 amide bonds. The van der Waals surface area contributed by atoms with E-state index in [0.29, 0.717) is 57.5 Å². The molecule has 0 aliphatic carbocycles. The number of rotatable bonds is 4. The molecular formula is C34H41ClN6O4. The number of fused-ring (bicyclic) bond motifs is 1. The Hall–Kier alpha value is -4.18. The molecule has 45 heavy (non-hydrogen) atoms.